The predicted octanol–water partition coefficient (Wildman–Crippen LogP) is 8.86. The van der Waals surface area contributed by atoms with Crippen molar-refractivity contribution < 1.29 is 22.3 Å². The summed E-state index contributed by atoms with van der Waals surface area (Å²) >= 11 is 0. The molecule has 0 aromatic heterocycles. The standard InChI is InChI=1S/C30H38F4O/c1-3-5-6-10-19-13-14-24(35-18-19)12-8-7-11-21-16-23-17-22-15-20(9-4-2)27(31)29(33)25(22)26(23)30(34)28(21)32/h15-16,19,24H,3-14,17-18H2,1-2H3. The van der Waals surface area contributed by atoms with Gasteiger partial charge in [-0.2, -0.15) is 0 Å². The molecule has 0 amide bonds. The molecule has 5 heteroatoms. The first kappa shape index (κ1) is 26.2. The van der Waals surface area contributed by atoms with E-state index in [-0.39, 0.29) is 17.2 Å². The van der Waals surface area contributed by atoms with Crippen molar-refractivity contribution in [2.24, 2.45) is 5.92 Å². The first-order chi connectivity index (χ1) is 16.9. The molecule has 0 N–H and O–H groups in total. The van der Waals surface area contributed by atoms with Crippen LogP contribution >= 0.6 is 0 Å². The zero-order valence-corrected chi connectivity index (χ0v) is 21.1. The molecule has 0 bridgehead atoms. The van der Waals surface area contributed by atoms with E-state index in [1.807, 2.05) is 6.92 Å². The lowest BCUT2D eigenvalue weighted by molar-refractivity contribution is -0.0232. The Hall–Kier alpha value is -1.88. The van der Waals surface area contributed by atoms with Gasteiger partial charge in [0, 0.05) is 17.7 Å². The number of benzene rings is 2. The highest BCUT2D eigenvalue weighted by molar-refractivity contribution is 5.79. The number of fused-ring (bicyclic) bond motifs is 3. The molecule has 2 atom stereocenters. The van der Waals surface area contributed by atoms with Gasteiger partial charge in [-0.25, -0.2) is 17.6 Å². The van der Waals surface area contributed by atoms with E-state index < -0.39 is 23.3 Å². The maximum Gasteiger partial charge on any atom is 0.167 e. The molecule has 35 heavy (non-hydrogen) atoms. The number of ether oxygens (including phenoxy) is 1. The average Bonchev–Trinajstić information content (AvgIpc) is 3.22. The zero-order valence-electron chi connectivity index (χ0n) is 21.1. The van der Waals surface area contributed by atoms with Gasteiger partial charge in [-0.3, -0.25) is 0 Å². The lowest BCUT2D eigenvalue weighted by atomic mass is 9.91. The Morgan fingerprint density at radius 3 is 1.91 bits per heavy atom. The molecule has 2 aromatic rings. The monoisotopic (exact) mass is 490 g/mol. The van der Waals surface area contributed by atoms with Crippen LogP contribution < -0.4 is 0 Å². The normalized spacial score (nSPS) is 19.1. The van der Waals surface area contributed by atoms with Crippen LogP contribution in [0.1, 0.15) is 100 Å². The average molecular weight is 491 g/mol. The van der Waals surface area contributed by atoms with Crippen molar-refractivity contribution in [2.45, 2.75) is 103 Å². The molecule has 192 valence electrons. The van der Waals surface area contributed by atoms with Gasteiger partial charge >= 0.3 is 0 Å². The minimum Gasteiger partial charge on any atom is -0.378 e. The van der Waals surface area contributed by atoms with Crippen LogP contribution in [0, 0.1) is 29.2 Å². The van der Waals surface area contributed by atoms with Crippen molar-refractivity contribution >= 4 is 0 Å². The van der Waals surface area contributed by atoms with Crippen molar-refractivity contribution in [3.8, 4) is 11.1 Å². The zero-order chi connectivity index (χ0) is 24.9. The van der Waals surface area contributed by atoms with Gasteiger partial charge in [0.1, 0.15) is 0 Å². The van der Waals surface area contributed by atoms with E-state index in [1.165, 1.54) is 32.1 Å². The minimum absolute atomic E-state index is 0.107. The predicted molar refractivity (Wildman–Crippen MR) is 133 cm³/mol. The summed E-state index contributed by atoms with van der Waals surface area (Å²) in [5.74, 6) is -3.31. The Balaban J connectivity index is 1.34. The summed E-state index contributed by atoms with van der Waals surface area (Å²) < 4.78 is 65.4. The summed E-state index contributed by atoms with van der Waals surface area (Å²) in [6, 6.07) is 3.27. The smallest absolute Gasteiger partial charge is 0.167 e. The third kappa shape index (κ3) is 5.76. The summed E-state index contributed by atoms with van der Waals surface area (Å²) in [6.07, 6.45) is 12.0. The van der Waals surface area contributed by atoms with Crippen LogP contribution in [-0.2, 0) is 24.0 Å². The highest BCUT2D eigenvalue weighted by atomic mass is 19.2. The Labute approximate surface area is 207 Å². The Morgan fingerprint density at radius 2 is 1.34 bits per heavy atom. The fourth-order valence-corrected chi connectivity index (χ4v) is 5.82. The van der Waals surface area contributed by atoms with Gasteiger partial charge in [-0.1, -0.05) is 58.1 Å². The van der Waals surface area contributed by atoms with Crippen molar-refractivity contribution in [3.05, 3.63) is 57.7 Å². The SMILES string of the molecule is CCCCCC1CCC(CCCCc2cc3c(c(F)c2F)-c2c(cc(CCC)c(F)c2F)C3)OC1. The van der Waals surface area contributed by atoms with E-state index >= 15 is 4.39 Å². The molecular weight excluding hydrogens is 452 g/mol. The molecular formula is C30H38F4O. The first-order valence-electron chi connectivity index (χ1n) is 13.6. The van der Waals surface area contributed by atoms with Gasteiger partial charge in [0.15, 0.2) is 23.3 Å². The molecule has 1 aliphatic carbocycles. The molecule has 1 aliphatic heterocycles. The maximum absolute atomic E-state index is 15.1. The van der Waals surface area contributed by atoms with Crippen LogP contribution in [0.5, 0.6) is 0 Å². The topological polar surface area (TPSA) is 9.23 Å². The van der Waals surface area contributed by atoms with Gasteiger partial charge in [-0.05, 0) is 79.5 Å². The first-order valence-corrected chi connectivity index (χ1v) is 13.6. The third-order valence-corrected chi connectivity index (χ3v) is 7.78. The van der Waals surface area contributed by atoms with E-state index in [1.54, 1.807) is 12.1 Å². The van der Waals surface area contributed by atoms with Gasteiger partial charge < -0.3 is 4.74 Å². The molecule has 0 saturated carbocycles. The molecule has 4 rings (SSSR count). The summed E-state index contributed by atoms with van der Waals surface area (Å²) in [6.45, 7) is 4.96. The summed E-state index contributed by atoms with van der Waals surface area (Å²) in [7, 11) is 0. The van der Waals surface area contributed by atoms with Crippen LogP contribution in [-0.4, -0.2) is 12.7 Å². The minimum atomic E-state index is -1.06. The van der Waals surface area contributed by atoms with Crippen LogP contribution in [0.4, 0.5) is 17.6 Å². The number of halogens is 4. The van der Waals surface area contributed by atoms with Crippen molar-refractivity contribution in [3.63, 3.8) is 0 Å². The van der Waals surface area contributed by atoms with Gasteiger partial charge in [-0.15, -0.1) is 0 Å². The van der Waals surface area contributed by atoms with Gasteiger partial charge in [0.2, 0.25) is 0 Å². The van der Waals surface area contributed by atoms with Crippen molar-refractivity contribution in [1.29, 1.82) is 0 Å². The number of unbranched alkanes of at least 4 members (excludes halogenated alkanes) is 3. The van der Waals surface area contributed by atoms with E-state index in [9.17, 15) is 13.2 Å². The second kappa shape index (κ2) is 11.9. The van der Waals surface area contributed by atoms with Crippen LogP contribution in [0.2, 0.25) is 0 Å². The van der Waals surface area contributed by atoms with Crippen molar-refractivity contribution in [2.75, 3.05) is 6.61 Å². The quantitative estimate of drug-likeness (QED) is 0.193. The number of hydrogen-bond donors (Lipinski definition) is 0. The summed E-state index contributed by atoms with van der Waals surface area (Å²) in [5, 5.41) is 0. The molecule has 1 heterocycles. The number of rotatable bonds is 11. The Morgan fingerprint density at radius 1 is 0.714 bits per heavy atom. The molecule has 1 saturated heterocycles. The summed E-state index contributed by atoms with van der Waals surface area (Å²) in [5.41, 5.74) is 1.50. The van der Waals surface area contributed by atoms with E-state index in [0.717, 1.165) is 32.3 Å². The van der Waals surface area contributed by atoms with Crippen LogP contribution in [0.25, 0.3) is 11.1 Å². The fourth-order valence-electron chi connectivity index (χ4n) is 5.82. The molecule has 0 spiro atoms. The lowest BCUT2D eigenvalue weighted by Gasteiger charge is -2.29. The van der Waals surface area contributed by atoms with E-state index in [2.05, 4.69) is 6.92 Å². The number of aryl methyl sites for hydroxylation is 2. The highest BCUT2D eigenvalue weighted by Gasteiger charge is 2.31. The van der Waals surface area contributed by atoms with Crippen LogP contribution in [0.3, 0.4) is 0 Å². The van der Waals surface area contributed by atoms with E-state index in [4.69, 9.17) is 4.74 Å². The van der Waals surface area contributed by atoms with E-state index in [0.29, 0.717) is 53.9 Å². The molecule has 2 aromatic carbocycles. The third-order valence-electron chi connectivity index (χ3n) is 7.78. The largest absolute Gasteiger partial charge is 0.378 e. The molecule has 2 aliphatic rings. The highest BCUT2D eigenvalue weighted by Crippen LogP contribution is 2.43. The molecule has 1 nitrogen and oxygen atoms in total. The summed E-state index contributed by atoms with van der Waals surface area (Å²) in [4.78, 5) is 0. The molecule has 2 unspecified atom stereocenters. The Kier molecular flexibility index (Phi) is 8.91. The molecule has 1 fully saturated rings. The maximum atomic E-state index is 15.1. The number of hydrogen-bond acceptors (Lipinski definition) is 1. The van der Waals surface area contributed by atoms with Gasteiger partial charge in [0.05, 0.1) is 6.10 Å². The fraction of sp³-hybridized carbons (Fsp3) is 0.600. The second-order valence-electron chi connectivity index (χ2n) is 10.5. The Bertz CT molecular complexity index is 1020. The molecule has 0 radical (unpaired) electrons. The van der Waals surface area contributed by atoms with Crippen LogP contribution in [0.15, 0.2) is 12.1 Å². The second-order valence-corrected chi connectivity index (χ2v) is 10.5. The van der Waals surface area contributed by atoms with Crippen molar-refractivity contribution in [1.82, 2.24) is 0 Å². The lowest BCUT2D eigenvalue weighted by Crippen LogP contribution is -2.25. The van der Waals surface area contributed by atoms with Gasteiger partial charge in [0.25, 0.3) is 0 Å².